The molecule has 2 aromatic rings. The topological polar surface area (TPSA) is 67.2 Å². The second-order valence-electron chi connectivity index (χ2n) is 6.84. The molecule has 2 fully saturated rings. The van der Waals surface area contributed by atoms with Crippen LogP contribution in [0.15, 0.2) is 31.0 Å². The molecule has 2 aliphatic heterocycles. The zero-order valence-corrected chi connectivity index (χ0v) is 14.4. The molecular formula is C18H24N6O. The molecule has 0 aromatic carbocycles. The summed E-state index contributed by atoms with van der Waals surface area (Å²) in [5.74, 6) is 0.925. The van der Waals surface area contributed by atoms with Crippen LogP contribution in [0.4, 0.5) is 5.82 Å². The maximum Gasteiger partial charge on any atom is 0.257 e. The van der Waals surface area contributed by atoms with Gasteiger partial charge in [0.25, 0.3) is 5.91 Å². The van der Waals surface area contributed by atoms with Crippen LogP contribution in [0.3, 0.4) is 0 Å². The average Bonchev–Trinajstić information content (AvgIpc) is 3.23. The highest BCUT2D eigenvalue weighted by Crippen LogP contribution is 2.26. The molecule has 2 saturated heterocycles. The molecule has 1 unspecified atom stereocenters. The molecule has 4 rings (SSSR count). The first-order valence-corrected chi connectivity index (χ1v) is 9.16. The highest BCUT2D eigenvalue weighted by atomic mass is 16.2. The van der Waals surface area contributed by atoms with E-state index in [1.165, 1.54) is 19.3 Å². The van der Waals surface area contributed by atoms with Gasteiger partial charge in [0, 0.05) is 32.4 Å². The molecule has 2 aliphatic rings. The van der Waals surface area contributed by atoms with E-state index < -0.39 is 0 Å². The molecule has 1 atom stereocenters. The largest absolute Gasteiger partial charge is 0.356 e. The number of carbonyl (C=O) groups is 1. The zero-order valence-electron chi connectivity index (χ0n) is 14.4. The van der Waals surface area contributed by atoms with Gasteiger partial charge in [-0.05, 0) is 44.2 Å². The monoisotopic (exact) mass is 340 g/mol. The molecule has 132 valence electrons. The molecule has 7 nitrogen and oxygen atoms in total. The maximum absolute atomic E-state index is 13.2. The number of anilines is 1. The Morgan fingerprint density at radius 2 is 2.00 bits per heavy atom. The molecule has 7 heteroatoms. The summed E-state index contributed by atoms with van der Waals surface area (Å²) in [6.07, 6.45) is 10.7. The Kier molecular flexibility index (Phi) is 4.63. The molecular weight excluding hydrogens is 316 g/mol. The number of aromatic nitrogens is 4. The van der Waals surface area contributed by atoms with Crippen molar-refractivity contribution in [1.29, 1.82) is 0 Å². The Labute approximate surface area is 147 Å². The lowest BCUT2D eigenvalue weighted by Crippen LogP contribution is -2.42. The number of nitrogens with zero attached hydrogens (tertiary/aromatic N) is 6. The Bertz CT molecular complexity index is 710. The van der Waals surface area contributed by atoms with E-state index in [0.29, 0.717) is 6.54 Å². The SMILES string of the molecule is O=C(c1cccnc1N1CCCCC1)N1CCCC(n2cncn2)C1. The van der Waals surface area contributed by atoms with E-state index in [9.17, 15) is 4.79 Å². The summed E-state index contributed by atoms with van der Waals surface area (Å²) in [6.45, 7) is 3.44. The minimum absolute atomic E-state index is 0.0819. The first-order chi connectivity index (χ1) is 12.3. The lowest BCUT2D eigenvalue weighted by molar-refractivity contribution is 0.0673. The highest BCUT2D eigenvalue weighted by Gasteiger charge is 2.28. The second kappa shape index (κ2) is 7.21. The predicted octanol–water partition coefficient (Wildman–Crippen LogP) is 2.14. The van der Waals surface area contributed by atoms with Crippen molar-refractivity contribution in [2.24, 2.45) is 0 Å². The van der Waals surface area contributed by atoms with E-state index >= 15 is 0 Å². The Balaban J connectivity index is 1.54. The molecule has 1 amide bonds. The molecule has 0 spiro atoms. The van der Waals surface area contributed by atoms with Gasteiger partial charge >= 0.3 is 0 Å². The van der Waals surface area contributed by atoms with E-state index in [1.54, 1.807) is 18.9 Å². The quantitative estimate of drug-likeness (QED) is 0.856. The fourth-order valence-corrected chi connectivity index (χ4v) is 3.85. The van der Waals surface area contributed by atoms with Crippen LogP contribution in [-0.2, 0) is 0 Å². The van der Waals surface area contributed by atoms with Crippen molar-refractivity contribution >= 4 is 11.7 Å². The van der Waals surface area contributed by atoms with Crippen LogP contribution in [0.25, 0.3) is 0 Å². The number of hydrogen-bond donors (Lipinski definition) is 0. The van der Waals surface area contributed by atoms with Gasteiger partial charge in [0.2, 0.25) is 0 Å². The van der Waals surface area contributed by atoms with Gasteiger partial charge in [-0.2, -0.15) is 5.10 Å². The van der Waals surface area contributed by atoms with Crippen molar-refractivity contribution in [3.05, 3.63) is 36.5 Å². The minimum atomic E-state index is 0.0819. The van der Waals surface area contributed by atoms with Gasteiger partial charge in [-0.1, -0.05) is 0 Å². The van der Waals surface area contributed by atoms with Crippen LogP contribution >= 0.6 is 0 Å². The zero-order chi connectivity index (χ0) is 17.1. The van der Waals surface area contributed by atoms with E-state index in [2.05, 4.69) is 20.0 Å². The Morgan fingerprint density at radius 3 is 2.80 bits per heavy atom. The highest BCUT2D eigenvalue weighted by molar-refractivity contribution is 5.99. The van der Waals surface area contributed by atoms with Crippen molar-refractivity contribution in [3.63, 3.8) is 0 Å². The van der Waals surface area contributed by atoms with Gasteiger partial charge < -0.3 is 9.80 Å². The summed E-state index contributed by atoms with van der Waals surface area (Å²) in [4.78, 5) is 26.0. The van der Waals surface area contributed by atoms with Crippen molar-refractivity contribution in [1.82, 2.24) is 24.6 Å². The van der Waals surface area contributed by atoms with Crippen molar-refractivity contribution in [2.75, 3.05) is 31.1 Å². The Morgan fingerprint density at radius 1 is 1.12 bits per heavy atom. The van der Waals surface area contributed by atoms with Gasteiger partial charge in [0.15, 0.2) is 0 Å². The second-order valence-corrected chi connectivity index (χ2v) is 6.84. The molecule has 2 aromatic heterocycles. The van der Waals surface area contributed by atoms with E-state index in [-0.39, 0.29) is 11.9 Å². The maximum atomic E-state index is 13.2. The summed E-state index contributed by atoms with van der Waals surface area (Å²) in [5.41, 5.74) is 0.726. The fraction of sp³-hybridized carbons (Fsp3) is 0.556. The van der Waals surface area contributed by atoms with Crippen molar-refractivity contribution in [3.8, 4) is 0 Å². The standard InChI is InChI=1S/C18H24N6O/c25-18(23-11-5-6-15(12-23)24-14-19-13-21-24)16-7-4-8-20-17(16)22-9-2-1-3-10-22/h4,7-8,13-15H,1-3,5-6,9-12H2. The molecule has 25 heavy (non-hydrogen) atoms. The molecule has 0 aliphatic carbocycles. The van der Waals surface area contributed by atoms with Gasteiger partial charge in [0.05, 0.1) is 11.6 Å². The van der Waals surface area contributed by atoms with Crippen molar-refractivity contribution < 1.29 is 4.79 Å². The number of pyridine rings is 1. The minimum Gasteiger partial charge on any atom is -0.356 e. The van der Waals surface area contributed by atoms with Gasteiger partial charge in [0.1, 0.15) is 18.5 Å². The predicted molar refractivity (Wildman–Crippen MR) is 94.5 cm³/mol. The smallest absolute Gasteiger partial charge is 0.257 e. The number of likely N-dealkylation sites (tertiary alicyclic amines) is 1. The number of hydrogen-bond acceptors (Lipinski definition) is 5. The van der Waals surface area contributed by atoms with Gasteiger partial charge in [-0.25, -0.2) is 14.6 Å². The van der Waals surface area contributed by atoms with Crippen LogP contribution < -0.4 is 4.90 Å². The summed E-state index contributed by atoms with van der Waals surface area (Å²) in [6, 6.07) is 3.98. The van der Waals surface area contributed by atoms with Crippen molar-refractivity contribution in [2.45, 2.75) is 38.1 Å². The van der Waals surface area contributed by atoms with Crippen LogP contribution in [0.2, 0.25) is 0 Å². The van der Waals surface area contributed by atoms with Gasteiger partial charge in [-0.15, -0.1) is 0 Å². The average molecular weight is 340 g/mol. The summed E-state index contributed by atoms with van der Waals surface area (Å²) < 4.78 is 1.87. The van der Waals surface area contributed by atoms with Gasteiger partial charge in [-0.3, -0.25) is 4.79 Å². The lowest BCUT2D eigenvalue weighted by Gasteiger charge is -2.34. The summed E-state index contributed by atoms with van der Waals surface area (Å²) in [5, 5.41) is 4.24. The van der Waals surface area contributed by atoms with Crippen LogP contribution in [0, 0.1) is 0 Å². The first kappa shape index (κ1) is 16.1. The number of piperidine rings is 2. The molecule has 0 saturated carbocycles. The van der Waals surface area contributed by atoms with Crippen LogP contribution in [0.5, 0.6) is 0 Å². The fourth-order valence-electron chi connectivity index (χ4n) is 3.85. The lowest BCUT2D eigenvalue weighted by atomic mass is 10.0. The van der Waals surface area contributed by atoms with E-state index in [4.69, 9.17) is 0 Å². The van der Waals surface area contributed by atoms with Crippen LogP contribution in [-0.4, -0.2) is 56.7 Å². The summed E-state index contributed by atoms with van der Waals surface area (Å²) in [7, 11) is 0. The summed E-state index contributed by atoms with van der Waals surface area (Å²) >= 11 is 0. The Hall–Kier alpha value is -2.44. The third kappa shape index (κ3) is 3.36. The first-order valence-electron chi connectivity index (χ1n) is 9.16. The van der Waals surface area contributed by atoms with Crippen LogP contribution in [0.1, 0.15) is 48.5 Å². The molecule has 0 bridgehead atoms. The molecule has 0 radical (unpaired) electrons. The third-order valence-corrected chi connectivity index (χ3v) is 5.17. The van der Waals surface area contributed by atoms with E-state index in [0.717, 1.165) is 43.9 Å². The molecule has 4 heterocycles. The van der Waals surface area contributed by atoms with E-state index in [1.807, 2.05) is 21.7 Å². The molecule has 0 N–H and O–H groups in total. The normalized spacial score (nSPS) is 21.4. The third-order valence-electron chi connectivity index (χ3n) is 5.17. The number of carbonyl (C=O) groups excluding carboxylic acids is 1. The number of rotatable bonds is 3. The number of amides is 1.